The summed E-state index contributed by atoms with van der Waals surface area (Å²) in [6.45, 7) is 14.0. The van der Waals surface area contributed by atoms with Gasteiger partial charge >= 0.3 is 0 Å². The van der Waals surface area contributed by atoms with Gasteiger partial charge in [-0.25, -0.2) is 0 Å². The van der Waals surface area contributed by atoms with Crippen molar-refractivity contribution >= 4 is 5.91 Å². The number of carbonyl (C=O) groups excluding carboxylic acids is 1. The number of carbonyl (C=O) groups is 1. The van der Waals surface area contributed by atoms with E-state index in [2.05, 4.69) is 44.8 Å². The molecule has 1 heterocycles. The average Bonchev–Trinajstić information content (AvgIpc) is 2.27. The molecule has 1 amide bonds. The second-order valence-corrected chi connectivity index (χ2v) is 7.29. The van der Waals surface area contributed by atoms with Gasteiger partial charge in [0.2, 0.25) is 5.91 Å². The fraction of sp³-hybridized carbons (Fsp3) is 0.938. The van der Waals surface area contributed by atoms with Crippen LogP contribution in [-0.4, -0.2) is 36.5 Å². The van der Waals surface area contributed by atoms with Gasteiger partial charge in [-0.05, 0) is 37.1 Å². The Morgan fingerprint density at radius 1 is 1.32 bits per heavy atom. The lowest BCUT2D eigenvalue weighted by atomic mass is 9.84. The highest BCUT2D eigenvalue weighted by Crippen LogP contribution is 2.26. The molecule has 3 nitrogen and oxygen atoms in total. The molecule has 1 atom stereocenters. The Hall–Kier alpha value is -0.570. The standard InChI is InChI=1S/C16H32N2O/c1-6-17-14-7-9-18(10-8-14)15(19)11-13(2)12-16(3,4)5/h13-14,17H,6-12H2,1-5H3. The van der Waals surface area contributed by atoms with E-state index in [4.69, 9.17) is 0 Å². The Balaban J connectivity index is 2.31. The van der Waals surface area contributed by atoms with Crippen LogP contribution in [0.1, 0.15) is 60.3 Å². The highest BCUT2D eigenvalue weighted by molar-refractivity contribution is 5.76. The third kappa shape index (κ3) is 6.42. The summed E-state index contributed by atoms with van der Waals surface area (Å²) in [4.78, 5) is 14.3. The van der Waals surface area contributed by atoms with E-state index in [-0.39, 0.29) is 0 Å². The molecule has 1 rings (SSSR count). The minimum Gasteiger partial charge on any atom is -0.343 e. The Kier molecular flexibility index (Phi) is 6.31. The maximum Gasteiger partial charge on any atom is 0.222 e. The van der Waals surface area contributed by atoms with Gasteiger partial charge in [0, 0.05) is 25.6 Å². The van der Waals surface area contributed by atoms with Gasteiger partial charge in [0.05, 0.1) is 0 Å². The zero-order chi connectivity index (χ0) is 14.5. The van der Waals surface area contributed by atoms with Gasteiger partial charge < -0.3 is 10.2 Å². The van der Waals surface area contributed by atoms with Gasteiger partial charge in [-0.2, -0.15) is 0 Å². The van der Waals surface area contributed by atoms with Crippen LogP contribution in [0.2, 0.25) is 0 Å². The largest absolute Gasteiger partial charge is 0.343 e. The van der Waals surface area contributed by atoms with E-state index in [1.165, 1.54) is 0 Å². The van der Waals surface area contributed by atoms with Gasteiger partial charge in [-0.3, -0.25) is 4.79 Å². The van der Waals surface area contributed by atoms with E-state index < -0.39 is 0 Å². The third-order valence-electron chi connectivity index (χ3n) is 3.82. The molecule has 0 bridgehead atoms. The topological polar surface area (TPSA) is 32.3 Å². The van der Waals surface area contributed by atoms with Crippen molar-refractivity contribution in [3.63, 3.8) is 0 Å². The molecule has 19 heavy (non-hydrogen) atoms. The molecule has 1 aliphatic rings. The quantitative estimate of drug-likeness (QED) is 0.831. The number of nitrogens with one attached hydrogen (secondary N) is 1. The van der Waals surface area contributed by atoms with Crippen LogP contribution < -0.4 is 5.32 Å². The minimum atomic E-state index is 0.317. The first-order valence-electron chi connectivity index (χ1n) is 7.83. The summed E-state index contributed by atoms with van der Waals surface area (Å²) in [5, 5.41) is 3.48. The lowest BCUT2D eigenvalue weighted by Crippen LogP contribution is -2.45. The van der Waals surface area contributed by atoms with Crippen molar-refractivity contribution in [3.05, 3.63) is 0 Å². The molecule has 1 unspecified atom stereocenters. The highest BCUT2D eigenvalue weighted by atomic mass is 16.2. The second kappa shape index (κ2) is 7.28. The molecule has 0 aromatic rings. The molecule has 1 saturated heterocycles. The molecule has 0 aromatic heterocycles. The first-order chi connectivity index (χ1) is 8.81. The summed E-state index contributed by atoms with van der Waals surface area (Å²) in [5.74, 6) is 0.839. The zero-order valence-electron chi connectivity index (χ0n) is 13.5. The highest BCUT2D eigenvalue weighted by Gasteiger charge is 2.24. The molecular formula is C16H32N2O. The third-order valence-corrected chi connectivity index (χ3v) is 3.82. The monoisotopic (exact) mass is 268 g/mol. The van der Waals surface area contributed by atoms with Crippen molar-refractivity contribution in [1.82, 2.24) is 10.2 Å². The van der Waals surface area contributed by atoms with Crippen LogP contribution in [0.5, 0.6) is 0 Å². The smallest absolute Gasteiger partial charge is 0.222 e. The first kappa shape index (κ1) is 16.5. The molecule has 1 aliphatic heterocycles. The van der Waals surface area contributed by atoms with Crippen LogP contribution in [0, 0.1) is 11.3 Å². The zero-order valence-corrected chi connectivity index (χ0v) is 13.5. The van der Waals surface area contributed by atoms with Gasteiger partial charge in [0.1, 0.15) is 0 Å². The van der Waals surface area contributed by atoms with Crippen molar-refractivity contribution < 1.29 is 4.79 Å². The van der Waals surface area contributed by atoms with Gasteiger partial charge in [0.25, 0.3) is 0 Å². The van der Waals surface area contributed by atoms with Crippen LogP contribution in [0.15, 0.2) is 0 Å². The normalized spacial score (nSPS) is 19.5. The molecule has 0 aromatic carbocycles. The average molecular weight is 268 g/mol. The van der Waals surface area contributed by atoms with Crippen molar-refractivity contribution in [1.29, 1.82) is 0 Å². The van der Waals surface area contributed by atoms with E-state index >= 15 is 0 Å². The van der Waals surface area contributed by atoms with Crippen LogP contribution in [0.3, 0.4) is 0 Å². The number of likely N-dealkylation sites (tertiary alicyclic amines) is 1. The molecule has 3 heteroatoms. The molecule has 0 aliphatic carbocycles. The van der Waals surface area contributed by atoms with E-state index in [9.17, 15) is 4.79 Å². The predicted molar refractivity (Wildman–Crippen MR) is 81.1 cm³/mol. The summed E-state index contributed by atoms with van der Waals surface area (Å²) >= 11 is 0. The number of piperidine rings is 1. The Morgan fingerprint density at radius 2 is 1.89 bits per heavy atom. The van der Waals surface area contributed by atoms with Crippen molar-refractivity contribution in [2.75, 3.05) is 19.6 Å². The Bertz CT molecular complexity index is 275. The maximum atomic E-state index is 12.3. The van der Waals surface area contributed by atoms with Crippen molar-refractivity contribution in [2.45, 2.75) is 66.3 Å². The number of hydrogen-bond acceptors (Lipinski definition) is 2. The van der Waals surface area contributed by atoms with Crippen molar-refractivity contribution in [2.24, 2.45) is 11.3 Å². The predicted octanol–water partition coefficient (Wildman–Crippen LogP) is 3.05. The number of nitrogens with zero attached hydrogens (tertiary/aromatic N) is 1. The summed E-state index contributed by atoms with van der Waals surface area (Å²) in [7, 11) is 0. The summed E-state index contributed by atoms with van der Waals surface area (Å²) in [5.41, 5.74) is 0.317. The molecule has 0 spiro atoms. The molecule has 1 N–H and O–H groups in total. The van der Waals surface area contributed by atoms with E-state index in [0.717, 1.165) is 38.9 Å². The van der Waals surface area contributed by atoms with Crippen LogP contribution >= 0.6 is 0 Å². The lowest BCUT2D eigenvalue weighted by Gasteiger charge is -2.33. The van der Waals surface area contributed by atoms with Gasteiger partial charge in [-0.15, -0.1) is 0 Å². The second-order valence-electron chi connectivity index (χ2n) is 7.29. The molecular weight excluding hydrogens is 236 g/mol. The van der Waals surface area contributed by atoms with E-state index in [1.807, 2.05) is 0 Å². The van der Waals surface area contributed by atoms with E-state index in [1.54, 1.807) is 0 Å². The fourth-order valence-electron chi connectivity index (χ4n) is 3.17. The molecule has 0 saturated carbocycles. The molecule has 112 valence electrons. The lowest BCUT2D eigenvalue weighted by molar-refractivity contribution is -0.133. The van der Waals surface area contributed by atoms with Crippen LogP contribution in [0.25, 0.3) is 0 Å². The van der Waals surface area contributed by atoms with Gasteiger partial charge in [-0.1, -0.05) is 34.6 Å². The fourth-order valence-corrected chi connectivity index (χ4v) is 3.17. The first-order valence-corrected chi connectivity index (χ1v) is 7.83. The number of hydrogen-bond donors (Lipinski definition) is 1. The SMILES string of the molecule is CCNC1CCN(C(=O)CC(C)CC(C)(C)C)CC1. The number of rotatable bonds is 5. The number of amides is 1. The Morgan fingerprint density at radius 3 is 2.37 bits per heavy atom. The summed E-state index contributed by atoms with van der Waals surface area (Å²) in [6, 6.07) is 0.612. The van der Waals surface area contributed by atoms with E-state index in [0.29, 0.717) is 29.7 Å². The van der Waals surface area contributed by atoms with Crippen LogP contribution in [-0.2, 0) is 4.79 Å². The Labute approximate surface area is 119 Å². The summed E-state index contributed by atoms with van der Waals surface area (Å²) in [6.07, 6.45) is 4.04. The maximum absolute atomic E-state index is 12.3. The van der Waals surface area contributed by atoms with Crippen LogP contribution in [0.4, 0.5) is 0 Å². The molecule has 0 radical (unpaired) electrons. The molecule has 1 fully saturated rings. The summed E-state index contributed by atoms with van der Waals surface area (Å²) < 4.78 is 0. The minimum absolute atomic E-state index is 0.317. The van der Waals surface area contributed by atoms with Crippen molar-refractivity contribution in [3.8, 4) is 0 Å². The van der Waals surface area contributed by atoms with Gasteiger partial charge in [0.15, 0.2) is 0 Å².